The van der Waals surface area contributed by atoms with Gasteiger partial charge in [-0.3, -0.25) is 4.55 Å². The van der Waals surface area contributed by atoms with Crippen molar-refractivity contribution >= 4 is 11.3 Å². The first-order valence-electron chi connectivity index (χ1n) is 5.79. The Labute approximate surface area is 104 Å². The molecule has 0 saturated carbocycles. The molecule has 3 N–H and O–H groups in total. The number of piperidine rings is 1. The van der Waals surface area contributed by atoms with Crippen LogP contribution < -0.4 is 5.73 Å². The average molecular weight is 254 g/mol. The lowest BCUT2D eigenvalue weighted by Crippen LogP contribution is -2.47. The van der Waals surface area contributed by atoms with Gasteiger partial charge in [0, 0.05) is 25.0 Å². The van der Waals surface area contributed by atoms with E-state index in [-0.39, 0.29) is 5.41 Å². The Morgan fingerprint density at radius 2 is 1.88 bits per heavy atom. The van der Waals surface area contributed by atoms with Gasteiger partial charge >= 0.3 is 0 Å². The van der Waals surface area contributed by atoms with Crippen molar-refractivity contribution in [3.05, 3.63) is 35.9 Å². The summed E-state index contributed by atoms with van der Waals surface area (Å²) in [6, 6.07) is 10.2. The van der Waals surface area contributed by atoms with Gasteiger partial charge in [0.2, 0.25) is 11.3 Å². The van der Waals surface area contributed by atoms with E-state index in [1.165, 1.54) is 5.56 Å². The SMILES string of the molecule is NCC1(c2ccccc2)CCN(S(=O)O)CC1. The normalized spacial score (nSPS) is 22.2. The van der Waals surface area contributed by atoms with Crippen molar-refractivity contribution in [1.29, 1.82) is 0 Å². The molecule has 2 rings (SSSR count). The molecule has 0 amide bonds. The van der Waals surface area contributed by atoms with E-state index in [2.05, 4.69) is 12.1 Å². The maximum absolute atomic E-state index is 11.0. The molecule has 0 aromatic heterocycles. The summed E-state index contributed by atoms with van der Waals surface area (Å²) in [7, 11) is 0. The third kappa shape index (κ3) is 2.57. The minimum atomic E-state index is -1.85. The van der Waals surface area contributed by atoms with Crippen LogP contribution in [0.4, 0.5) is 0 Å². The maximum atomic E-state index is 11.0. The molecule has 1 aromatic carbocycles. The van der Waals surface area contributed by atoms with Gasteiger partial charge in [0.1, 0.15) is 0 Å². The summed E-state index contributed by atoms with van der Waals surface area (Å²) in [6.07, 6.45) is 1.67. The van der Waals surface area contributed by atoms with Gasteiger partial charge in [0.15, 0.2) is 0 Å². The van der Waals surface area contributed by atoms with Crippen LogP contribution in [0.15, 0.2) is 30.3 Å². The molecule has 1 saturated heterocycles. The van der Waals surface area contributed by atoms with Crippen LogP contribution in [0.2, 0.25) is 0 Å². The zero-order chi connectivity index (χ0) is 12.3. The number of benzene rings is 1. The monoisotopic (exact) mass is 254 g/mol. The van der Waals surface area contributed by atoms with Crippen LogP contribution in [0, 0.1) is 0 Å². The highest BCUT2D eigenvalue weighted by atomic mass is 32.2. The molecule has 1 unspecified atom stereocenters. The summed E-state index contributed by atoms with van der Waals surface area (Å²) in [6.45, 7) is 1.83. The fourth-order valence-corrected chi connectivity index (χ4v) is 2.97. The molecule has 1 atom stereocenters. The molecule has 94 valence electrons. The molecule has 1 aliphatic rings. The van der Waals surface area contributed by atoms with Crippen LogP contribution in [0.3, 0.4) is 0 Å². The first-order valence-corrected chi connectivity index (χ1v) is 6.86. The highest BCUT2D eigenvalue weighted by molar-refractivity contribution is 7.76. The van der Waals surface area contributed by atoms with Crippen molar-refractivity contribution in [1.82, 2.24) is 4.31 Å². The number of nitrogens with zero attached hydrogens (tertiary/aromatic N) is 1. The van der Waals surface area contributed by atoms with E-state index in [4.69, 9.17) is 10.3 Å². The number of nitrogens with two attached hydrogens (primary N) is 1. The molecule has 1 aromatic rings. The summed E-state index contributed by atoms with van der Waals surface area (Å²) in [5.41, 5.74) is 7.15. The second-order valence-electron chi connectivity index (χ2n) is 4.51. The largest absolute Gasteiger partial charge is 0.330 e. The molecule has 17 heavy (non-hydrogen) atoms. The van der Waals surface area contributed by atoms with Gasteiger partial charge in [0.05, 0.1) is 0 Å². The Hall–Kier alpha value is -0.750. The van der Waals surface area contributed by atoms with E-state index >= 15 is 0 Å². The van der Waals surface area contributed by atoms with Gasteiger partial charge in [-0.2, -0.15) is 0 Å². The van der Waals surface area contributed by atoms with Crippen LogP contribution in [0.25, 0.3) is 0 Å². The van der Waals surface area contributed by atoms with Gasteiger partial charge in [-0.25, -0.2) is 8.51 Å². The summed E-state index contributed by atoms with van der Waals surface area (Å²) in [5.74, 6) is 0. The van der Waals surface area contributed by atoms with Crippen molar-refractivity contribution < 1.29 is 8.76 Å². The van der Waals surface area contributed by atoms with Crippen molar-refractivity contribution in [2.75, 3.05) is 19.6 Å². The minimum absolute atomic E-state index is 0.0306. The van der Waals surface area contributed by atoms with E-state index in [0.717, 1.165) is 12.8 Å². The van der Waals surface area contributed by atoms with Gasteiger partial charge in [-0.15, -0.1) is 0 Å². The Bertz CT molecular complexity index is 389. The maximum Gasteiger partial charge on any atom is 0.234 e. The lowest BCUT2D eigenvalue weighted by Gasteiger charge is -2.40. The van der Waals surface area contributed by atoms with Gasteiger partial charge < -0.3 is 5.73 Å². The topological polar surface area (TPSA) is 66.6 Å². The standard InChI is InChI=1S/C12H18N2O2S/c13-10-12(11-4-2-1-3-5-11)6-8-14(9-7-12)17(15)16/h1-5H,6-10,13H2,(H,15,16). The van der Waals surface area contributed by atoms with E-state index in [1.54, 1.807) is 4.31 Å². The molecule has 5 heteroatoms. The molecular formula is C12H18N2O2S. The Morgan fingerprint density at radius 1 is 1.29 bits per heavy atom. The lowest BCUT2D eigenvalue weighted by molar-refractivity contribution is 0.235. The number of rotatable bonds is 3. The fraction of sp³-hybridized carbons (Fsp3) is 0.500. The second-order valence-corrected chi connectivity index (χ2v) is 5.49. The molecule has 1 fully saturated rings. The Balaban J connectivity index is 2.16. The number of hydrogen-bond donors (Lipinski definition) is 2. The third-order valence-electron chi connectivity index (χ3n) is 3.68. The molecule has 0 radical (unpaired) electrons. The van der Waals surface area contributed by atoms with Crippen molar-refractivity contribution in [3.8, 4) is 0 Å². The first kappa shape index (κ1) is 12.7. The average Bonchev–Trinajstić information content (AvgIpc) is 2.40. The molecule has 1 aliphatic heterocycles. The number of hydrogen-bond acceptors (Lipinski definition) is 2. The van der Waals surface area contributed by atoms with Crippen LogP contribution in [-0.2, 0) is 16.7 Å². The summed E-state index contributed by atoms with van der Waals surface area (Å²) >= 11 is -1.85. The molecule has 4 nitrogen and oxygen atoms in total. The summed E-state index contributed by atoms with van der Waals surface area (Å²) in [4.78, 5) is 0. The van der Waals surface area contributed by atoms with Crippen molar-refractivity contribution in [3.63, 3.8) is 0 Å². The van der Waals surface area contributed by atoms with Crippen LogP contribution in [0.1, 0.15) is 18.4 Å². The predicted molar refractivity (Wildman–Crippen MR) is 68.8 cm³/mol. The summed E-state index contributed by atoms with van der Waals surface area (Å²) < 4.78 is 21.6. The Kier molecular flexibility index (Phi) is 3.93. The highest BCUT2D eigenvalue weighted by Gasteiger charge is 2.36. The van der Waals surface area contributed by atoms with Gasteiger partial charge in [-0.1, -0.05) is 30.3 Å². The molecule has 1 heterocycles. The van der Waals surface area contributed by atoms with E-state index < -0.39 is 11.3 Å². The van der Waals surface area contributed by atoms with Crippen LogP contribution in [0.5, 0.6) is 0 Å². The van der Waals surface area contributed by atoms with E-state index in [0.29, 0.717) is 19.6 Å². The van der Waals surface area contributed by atoms with Crippen molar-refractivity contribution in [2.24, 2.45) is 5.73 Å². The predicted octanol–water partition coefficient (Wildman–Crippen LogP) is 1.12. The summed E-state index contributed by atoms with van der Waals surface area (Å²) in [5, 5.41) is 0. The van der Waals surface area contributed by atoms with E-state index in [1.807, 2.05) is 18.2 Å². The molecule has 0 bridgehead atoms. The Morgan fingerprint density at radius 3 is 2.35 bits per heavy atom. The zero-order valence-electron chi connectivity index (χ0n) is 9.71. The molecule has 0 aliphatic carbocycles. The van der Waals surface area contributed by atoms with Gasteiger partial charge in [0.25, 0.3) is 0 Å². The first-order chi connectivity index (χ1) is 8.18. The van der Waals surface area contributed by atoms with Crippen LogP contribution in [-0.4, -0.2) is 32.7 Å². The lowest BCUT2D eigenvalue weighted by atomic mass is 9.73. The molecular weight excluding hydrogens is 236 g/mol. The van der Waals surface area contributed by atoms with Crippen molar-refractivity contribution in [2.45, 2.75) is 18.3 Å². The van der Waals surface area contributed by atoms with E-state index in [9.17, 15) is 4.21 Å². The fourth-order valence-electron chi connectivity index (χ4n) is 2.47. The highest BCUT2D eigenvalue weighted by Crippen LogP contribution is 2.34. The molecule has 0 spiro atoms. The second kappa shape index (κ2) is 5.27. The van der Waals surface area contributed by atoms with Gasteiger partial charge in [-0.05, 0) is 18.4 Å². The smallest absolute Gasteiger partial charge is 0.234 e. The van der Waals surface area contributed by atoms with Crippen LogP contribution >= 0.6 is 0 Å². The quantitative estimate of drug-likeness (QED) is 0.794. The minimum Gasteiger partial charge on any atom is -0.330 e. The third-order valence-corrected chi connectivity index (χ3v) is 4.48. The zero-order valence-corrected chi connectivity index (χ0v) is 10.5.